The summed E-state index contributed by atoms with van der Waals surface area (Å²) in [6.45, 7) is 4.00. The zero-order valence-electron chi connectivity index (χ0n) is 11.9. The molecule has 0 radical (unpaired) electrons. The maximum Gasteiger partial charge on any atom is 0.253 e. The van der Waals surface area contributed by atoms with Gasteiger partial charge in [0.05, 0.1) is 11.1 Å². The third kappa shape index (κ3) is 2.96. The highest BCUT2D eigenvalue weighted by molar-refractivity contribution is 6.05. The number of pyridine rings is 1. The van der Waals surface area contributed by atoms with Crippen LogP contribution in [0.4, 0.5) is 0 Å². The molecule has 2 rings (SSSR count). The molecule has 4 nitrogen and oxygen atoms in total. The molecule has 0 aliphatic carbocycles. The van der Waals surface area contributed by atoms with Crippen molar-refractivity contribution in [1.29, 1.82) is 0 Å². The van der Waals surface area contributed by atoms with Gasteiger partial charge in [0.15, 0.2) is 0 Å². The quantitative estimate of drug-likeness (QED) is 0.879. The third-order valence-electron chi connectivity index (χ3n) is 3.74. The first kappa shape index (κ1) is 14.5. The number of fused-ring (bicyclic) bond motifs is 1. The summed E-state index contributed by atoms with van der Waals surface area (Å²) >= 11 is 0. The second kappa shape index (κ2) is 6.01. The van der Waals surface area contributed by atoms with Crippen molar-refractivity contribution in [3.05, 3.63) is 42.1 Å². The Bertz CT molecular complexity index is 607. The molecule has 1 atom stereocenters. The lowest BCUT2D eigenvalue weighted by atomic mass is 9.94. The van der Waals surface area contributed by atoms with Gasteiger partial charge in [-0.15, -0.1) is 0 Å². The summed E-state index contributed by atoms with van der Waals surface area (Å²) in [4.78, 5) is 16.8. The van der Waals surface area contributed by atoms with Gasteiger partial charge in [0.25, 0.3) is 5.91 Å². The number of carbonyl (C=O) groups is 1. The van der Waals surface area contributed by atoms with Crippen molar-refractivity contribution in [3.8, 4) is 0 Å². The predicted molar refractivity (Wildman–Crippen MR) is 79.6 cm³/mol. The Kier molecular flexibility index (Phi) is 4.35. The molecule has 4 heteroatoms. The van der Waals surface area contributed by atoms with E-state index in [-0.39, 0.29) is 12.5 Å². The number of aliphatic hydroxyl groups excluding tert-OH is 1. The number of hydrogen-bond acceptors (Lipinski definition) is 3. The minimum atomic E-state index is -0.400. The summed E-state index contributed by atoms with van der Waals surface area (Å²) < 4.78 is 0. The Morgan fingerprint density at radius 2 is 2.10 bits per heavy atom. The fraction of sp³-hybridized carbons (Fsp3) is 0.375. The van der Waals surface area contributed by atoms with E-state index in [9.17, 15) is 4.79 Å². The standard InChI is InChI=1S/C16H20N2O2/c1-3-16(2,9-11-19)18-15(20)13-8-4-6-12-7-5-10-17-14(12)13/h4-8,10,19H,3,9,11H2,1-2H3,(H,18,20). The highest BCUT2D eigenvalue weighted by atomic mass is 16.3. The first-order valence-electron chi connectivity index (χ1n) is 6.87. The van der Waals surface area contributed by atoms with Crippen LogP contribution >= 0.6 is 0 Å². The molecule has 20 heavy (non-hydrogen) atoms. The Labute approximate surface area is 118 Å². The molecule has 1 amide bonds. The summed E-state index contributed by atoms with van der Waals surface area (Å²) in [7, 11) is 0. The Balaban J connectivity index is 2.32. The lowest BCUT2D eigenvalue weighted by Gasteiger charge is -2.29. The first-order chi connectivity index (χ1) is 9.59. The zero-order chi connectivity index (χ0) is 14.6. The van der Waals surface area contributed by atoms with E-state index in [1.54, 1.807) is 12.3 Å². The Morgan fingerprint density at radius 1 is 1.35 bits per heavy atom. The molecule has 2 aromatic rings. The lowest BCUT2D eigenvalue weighted by Crippen LogP contribution is -2.46. The number of benzene rings is 1. The summed E-state index contributed by atoms with van der Waals surface area (Å²) in [5.41, 5.74) is 0.874. The molecule has 0 aliphatic rings. The third-order valence-corrected chi connectivity index (χ3v) is 3.74. The van der Waals surface area contributed by atoms with Crippen molar-refractivity contribution in [2.24, 2.45) is 0 Å². The molecule has 0 saturated heterocycles. The average molecular weight is 272 g/mol. The van der Waals surface area contributed by atoms with Crippen molar-refractivity contribution in [1.82, 2.24) is 10.3 Å². The van der Waals surface area contributed by atoms with Gasteiger partial charge in [-0.25, -0.2) is 0 Å². The van der Waals surface area contributed by atoms with Crippen molar-refractivity contribution in [2.45, 2.75) is 32.2 Å². The number of carbonyl (C=O) groups excluding carboxylic acids is 1. The van der Waals surface area contributed by atoms with Gasteiger partial charge in [0.1, 0.15) is 0 Å². The van der Waals surface area contributed by atoms with Gasteiger partial charge in [0, 0.05) is 23.7 Å². The van der Waals surface area contributed by atoms with E-state index in [0.717, 1.165) is 11.8 Å². The molecule has 0 spiro atoms. The zero-order valence-corrected chi connectivity index (χ0v) is 11.9. The summed E-state index contributed by atoms with van der Waals surface area (Å²) in [5, 5.41) is 13.1. The van der Waals surface area contributed by atoms with Crippen LogP contribution in [-0.4, -0.2) is 28.1 Å². The van der Waals surface area contributed by atoms with Crippen molar-refractivity contribution < 1.29 is 9.90 Å². The number of para-hydroxylation sites is 1. The van der Waals surface area contributed by atoms with Crippen LogP contribution in [0.15, 0.2) is 36.5 Å². The predicted octanol–water partition coefficient (Wildman–Crippen LogP) is 2.52. The lowest BCUT2D eigenvalue weighted by molar-refractivity contribution is 0.0887. The maximum atomic E-state index is 12.5. The number of aromatic nitrogens is 1. The van der Waals surface area contributed by atoms with Crippen LogP contribution in [-0.2, 0) is 0 Å². The minimum absolute atomic E-state index is 0.0540. The smallest absolute Gasteiger partial charge is 0.253 e. The van der Waals surface area contributed by atoms with E-state index in [1.807, 2.05) is 38.1 Å². The SMILES string of the molecule is CCC(C)(CCO)NC(=O)c1cccc2cccnc12. The van der Waals surface area contributed by atoms with Gasteiger partial charge < -0.3 is 10.4 Å². The number of amides is 1. The van der Waals surface area contributed by atoms with E-state index >= 15 is 0 Å². The molecule has 106 valence electrons. The summed E-state index contributed by atoms with van der Waals surface area (Å²) in [6.07, 6.45) is 2.98. The van der Waals surface area contributed by atoms with Gasteiger partial charge >= 0.3 is 0 Å². The Morgan fingerprint density at radius 3 is 2.80 bits per heavy atom. The van der Waals surface area contributed by atoms with Gasteiger partial charge in [-0.3, -0.25) is 9.78 Å². The largest absolute Gasteiger partial charge is 0.396 e. The number of aliphatic hydroxyl groups is 1. The topological polar surface area (TPSA) is 62.2 Å². The van der Waals surface area contributed by atoms with E-state index in [1.165, 1.54) is 0 Å². The summed E-state index contributed by atoms with van der Waals surface area (Å²) in [6, 6.07) is 9.36. The van der Waals surface area contributed by atoms with Gasteiger partial charge in [-0.2, -0.15) is 0 Å². The van der Waals surface area contributed by atoms with Crippen molar-refractivity contribution >= 4 is 16.8 Å². The molecule has 0 aliphatic heterocycles. The molecule has 1 unspecified atom stereocenters. The molecule has 1 aromatic carbocycles. The molecular formula is C16H20N2O2. The second-order valence-electron chi connectivity index (χ2n) is 5.22. The fourth-order valence-electron chi connectivity index (χ4n) is 2.20. The van der Waals surface area contributed by atoms with Gasteiger partial charge in [0.2, 0.25) is 0 Å². The highest BCUT2D eigenvalue weighted by Gasteiger charge is 2.25. The normalized spacial score (nSPS) is 13.9. The molecule has 0 bridgehead atoms. The molecule has 0 fully saturated rings. The van der Waals surface area contributed by atoms with Crippen LogP contribution < -0.4 is 5.32 Å². The van der Waals surface area contributed by atoms with Gasteiger partial charge in [-0.1, -0.05) is 25.1 Å². The van der Waals surface area contributed by atoms with Crippen molar-refractivity contribution in [3.63, 3.8) is 0 Å². The van der Waals surface area contributed by atoms with E-state index in [0.29, 0.717) is 17.5 Å². The van der Waals surface area contributed by atoms with Crippen molar-refractivity contribution in [2.75, 3.05) is 6.61 Å². The van der Waals surface area contributed by atoms with E-state index < -0.39 is 5.54 Å². The van der Waals surface area contributed by atoms with Gasteiger partial charge in [-0.05, 0) is 31.9 Å². The van der Waals surface area contributed by atoms with Crippen LogP contribution in [0.1, 0.15) is 37.0 Å². The number of nitrogens with one attached hydrogen (secondary N) is 1. The number of nitrogens with zero attached hydrogens (tertiary/aromatic N) is 1. The number of hydrogen-bond donors (Lipinski definition) is 2. The molecular weight excluding hydrogens is 252 g/mol. The minimum Gasteiger partial charge on any atom is -0.396 e. The van der Waals surface area contributed by atoms with Crippen LogP contribution in [0.5, 0.6) is 0 Å². The van der Waals surface area contributed by atoms with E-state index in [4.69, 9.17) is 5.11 Å². The average Bonchev–Trinajstić information content (AvgIpc) is 2.46. The van der Waals surface area contributed by atoms with Crippen LogP contribution in [0.25, 0.3) is 10.9 Å². The van der Waals surface area contributed by atoms with Crippen LogP contribution in [0, 0.1) is 0 Å². The van der Waals surface area contributed by atoms with Crippen LogP contribution in [0.2, 0.25) is 0 Å². The fourth-order valence-corrected chi connectivity index (χ4v) is 2.20. The van der Waals surface area contributed by atoms with E-state index in [2.05, 4.69) is 10.3 Å². The first-order valence-corrected chi connectivity index (χ1v) is 6.87. The second-order valence-corrected chi connectivity index (χ2v) is 5.22. The molecule has 2 N–H and O–H groups in total. The monoisotopic (exact) mass is 272 g/mol. The molecule has 1 aromatic heterocycles. The Hall–Kier alpha value is -1.94. The highest BCUT2D eigenvalue weighted by Crippen LogP contribution is 2.19. The number of rotatable bonds is 5. The molecule has 1 heterocycles. The molecule has 0 saturated carbocycles. The van der Waals surface area contributed by atoms with Crippen LogP contribution in [0.3, 0.4) is 0 Å². The maximum absolute atomic E-state index is 12.5. The summed E-state index contributed by atoms with van der Waals surface area (Å²) in [5.74, 6) is -0.146.